The molecular formula is C16H20F2N6O. The molecule has 3 rings (SSSR count). The lowest BCUT2D eigenvalue weighted by atomic mass is 10.1. The molecule has 0 atom stereocenters. The number of aromatic nitrogens is 4. The zero-order valence-corrected chi connectivity index (χ0v) is 14.2. The molecule has 0 bridgehead atoms. The second-order valence-electron chi connectivity index (χ2n) is 6.36. The summed E-state index contributed by atoms with van der Waals surface area (Å²) in [7, 11) is 0. The van der Waals surface area contributed by atoms with Crippen molar-refractivity contribution in [1.29, 1.82) is 0 Å². The Morgan fingerprint density at radius 1 is 1.16 bits per heavy atom. The van der Waals surface area contributed by atoms with Crippen molar-refractivity contribution >= 4 is 5.91 Å². The first-order valence-electron chi connectivity index (χ1n) is 8.19. The third-order valence-corrected chi connectivity index (χ3v) is 4.22. The Morgan fingerprint density at radius 2 is 1.88 bits per heavy atom. The van der Waals surface area contributed by atoms with Crippen molar-refractivity contribution in [2.45, 2.75) is 20.4 Å². The van der Waals surface area contributed by atoms with E-state index in [0.29, 0.717) is 44.2 Å². The van der Waals surface area contributed by atoms with Gasteiger partial charge in [0.15, 0.2) is 17.5 Å². The quantitative estimate of drug-likeness (QED) is 0.830. The van der Waals surface area contributed by atoms with Gasteiger partial charge < -0.3 is 4.90 Å². The van der Waals surface area contributed by atoms with Crippen LogP contribution in [-0.2, 0) is 11.3 Å². The first-order valence-corrected chi connectivity index (χ1v) is 8.19. The summed E-state index contributed by atoms with van der Waals surface area (Å²) in [6, 6.07) is 3.54. The molecule has 2 aromatic rings. The molecule has 0 N–H and O–H groups in total. The van der Waals surface area contributed by atoms with E-state index in [1.54, 1.807) is 0 Å². The number of benzene rings is 1. The van der Waals surface area contributed by atoms with Gasteiger partial charge in [0.2, 0.25) is 5.91 Å². The second-order valence-corrected chi connectivity index (χ2v) is 6.36. The number of carbonyl (C=O) groups is 1. The van der Waals surface area contributed by atoms with Crippen LogP contribution in [0.25, 0.3) is 5.69 Å². The van der Waals surface area contributed by atoms with Gasteiger partial charge in [0, 0.05) is 38.2 Å². The summed E-state index contributed by atoms with van der Waals surface area (Å²) in [5.41, 5.74) is 0.368. The van der Waals surface area contributed by atoms with E-state index in [0.717, 1.165) is 12.1 Å². The molecule has 0 radical (unpaired) electrons. The Labute approximate surface area is 144 Å². The van der Waals surface area contributed by atoms with Crippen molar-refractivity contribution < 1.29 is 13.6 Å². The van der Waals surface area contributed by atoms with E-state index < -0.39 is 11.6 Å². The van der Waals surface area contributed by atoms with Crippen LogP contribution in [0.3, 0.4) is 0 Å². The van der Waals surface area contributed by atoms with Crippen molar-refractivity contribution in [3.63, 3.8) is 0 Å². The lowest BCUT2D eigenvalue weighted by Gasteiger charge is -2.35. The highest BCUT2D eigenvalue weighted by Crippen LogP contribution is 2.15. The van der Waals surface area contributed by atoms with E-state index in [1.807, 2.05) is 18.7 Å². The molecule has 0 saturated carbocycles. The predicted molar refractivity (Wildman–Crippen MR) is 85.8 cm³/mol. The molecule has 1 amide bonds. The van der Waals surface area contributed by atoms with Gasteiger partial charge in [0.05, 0.1) is 12.2 Å². The van der Waals surface area contributed by atoms with Crippen LogP contribution >= 0.6 is 0 Å². The highest BCUT2D eigenvalue weighted by molar-refractivity contribution is 5.78. The van der Waals surface area contributed by atoms with Crippen LogP contribution in [0.4, 0.5) is 8.78 Å². The molecule has 1 aromatic heterocycles. The van der Waals surface area contributed by atoms with Gasteiger partial charge >= 0.3 is 0 Å². The molecule has 0 spiro atoms. The van der Waals surface area contributed by atoms with Gasteiger partial charge in [-0.25, -0.2) is 8.78 Å². The molecule has 1 aliphatic heterocycles. The van der Waals surface area contributed by atoms with Crippen molar-refractivity contribution in [3.05, 3.63) is 35.7 Å². The predicted octanol–water partition coefficient (Wildman–Crippen LogP) is 1.24. The summed E-state index contributed by atoms with van der Waals surface area (Å²) in [4.78, 5) is 16.0. The van der Waals surface area contributed by atoms with Gasteiger partial charge in [-0.2, -0.15) is 4.68 Å². The van der Waals surface area contributed by atoms with Crippen molar-refractivity contribution in [1.82, 2.24) is 30.0 Å². The molecule has 134 valence electrons. The SMILES string of the molecule is CC(C)C(=O)N1CCN(Cc2nnnn2-c2ccc(F)c(F)c2)CC1. The fraction of sp³-hybridized carbons (Fsp3) is 0.500. The molecule has 25 heavy (non-hydrogen) atoms. The van der Waals surface area contributed by atoms with Crippen LogP contribution in [0.15, 0.2) is 18.2 Å². The van der Waals surface area contributed by atoms with E-state index in [9.17, 15) is 13.6 Å². The van der Waals surface area contributed by atoms with Crippen molar-refractivity contribution in [2.24, 2.45) is 5.92 Å². The van der Waals surface area contributed by atoms with Crippen LogP contribution in [0.2, 0.25) is 0 Å². The molecule has 1 fully saturated rings. The van der Waals surface area contributed by atoms with Crippen molar-refractivity contribution in [2.75, 3.05) is 26.2 Å². The maximum atomic E-state index is 13.4. The Kier molecular flexibility index (Phi) is 5.03. The van der Waals surface area contributed by atoms with E-state index in [4.69, 9.17) is 0 Å². The first-order chi connectivity index (χ1) is 12.0. The summed E-state index contributed by atoms with van der Waals surface area (Å²) in [6.45, 7) is 6.99. The van der Waals surface area contributed by atoms with Crippen LogP contribution in [-0.4, -0.2) is 62.1 Å². The fourth-order valence-corrected chi connectivity index (χ4v) is 2.81. The molecule has 2 heterocycles. The average molecular weight is 350 g/mol. The van der Waals surface area contributed by atoms with Crippen molar-refractivity contribution in [3.8, 4) is 5.69 Å². The lowest BCUT2D eigenvalue weighted by Crippen LogP contribution is -2.49. The number of carbonyl (C=O) groups excluding carboxylic acids is 1. The monoisotopic (exact) mass is 350 g/mol. The minimum atomic E-state index is -0.945. The molecule has 1 saturated heterocycles. The smallest absolute Gasteiger partial charge is 0.225 e. The largest absolute Gasteiger partial charge is 0.340 e. The Hall–Kier alpha value is -2.42. The number of halogens is 2. The summed E-state index contributed by atoms with van der Waals surface area (Å²) in [5, 5.41) is 11.5. The Balaban J connectivity index is 1.66. The number of hydrogen-bond acceptors (Lipinski definition) is 5. The standard InChI is InChI=1S/C16H20F2N6O/c1-11(2)16(25)23-7-5-22(6-8-23)10-15-19-20-21-24(15)12-3-4-13(17)14(18)9-12/h3-4,9,11H,5-8,10H2,1-2H3. The number of rotatable bonds is 4. The summed E-state index contributed by atoms with van der Waals surface area (Å²) >= 11 is 0. The summed E-state index contributed by atoms with van der Waals surface area (Å²) in [6.07, 6.45) is 0. The minimum Gasteiger partial charge on any atom is -0.340 e. The highest BCUT2D eigenvalue weighted by atomic mass is 19.2. The van der Waals surface area contributed by atoms with Gasteiger partial charge in [-0.3, -0.25) is 9.69 Å². The Bertz CT molecular complexity index is 755. The third-order valence-electron chi connectivity index (χ3n) is 4.22. The van der Waals surface area contributed by atoms with Crippen LogP contribution in [0, 0.1) is 17.6 Å². The number of hydrogen-bond donors (Lipinski definition) is 0. The molecule has 7 nitrogen and oxygen atoms in total. The highest BCUT2D eigenvalue weighted by Gasteiger charge is 2.24. The summed E-state index contributed by atoms with van der Waals surface area (Å²) < 4.78 is 27.9. The summed E-state index contributed by atoms with van der Waals surface area (Å²) in [5.74, 6) is -1.17. The average Bonchev–Trinajstić information content (AvgIpc) is 3.05. The van der Waals surface area contributed by atoms with E-state index in [-0.39, 0.29) is 11.8 Å². The zero-order chi connectivity index (χ0) is 18.0. The number of amides is 1. The number of nitrogens with zero attached hydrogens (tertiary/aromatic N) is 6. The van der Waals surface area contributed by atoms with Gasteiger partial charge in [0.25, 0.3) is 0 Å². The van der Waals surface area contributed by atoms with Gasteiger partial charge in [-0.15, -0.1) is 5.10 Å². The maximum Gasteiger partial charge on any atom is 0.225 e. The molecule has 9 heteroatoms. The van der Waals surface area contributed by atoms with Crippen LogP contribution < -0.4 is 0 Å². The van der Waals surface area contributed by atoms with Crippen LogP contribution in [0.5, 0.6) is 0 Å². The molecule has 0 aliphatic carbocycles. The third kappa shape index (κ3) is 3.81. The van der Waals surface area contributed by atoms with E-state index in [2.05, 4.69) is 20.4 Å². The number of piperazine rings is 1. The van der Waals surface area contributed by atoms with E-state index in [1.165, 1.54) is 10.7 Å². The fourth-order valence-electron chi connectivity index (χ4n) is 2.81. The minimum absolute atomic E-state index is 0.00720. The van der Waals surface area contributed by atoms with Gasteiger partial charge in [-0.05, 0) is 22.6 Å². The normalized spacial score (nSPS) is 15.8. The molecule has 1 aromatic carbocycles. The van der Waals surface area contributed by atoms with Crippen LogP contribution in [0.1, 0.15) is 19.7 Å². The lowest BCUT2D eigenvalue weighted by molar-refractivity contribution is -0.136. The van der Waals surface area contributed by atoms with E-state index >= 15 is 0 Å². The zero-order valence-electron chi connectivity index (χ0n) is 14.2. The van der Waals surface area contributed by atoms with Gasteiger partial charge in [-0.1, -0.05) is 13.8 Å². The molecule has 0 unspecified atom stereocenters. The maximum absolute atomic E-state index is 13.4. The van der Waals surface area contributed by atoms with Gasteiger partial charge in [0.1, 0.15) is 0 Å². The first kappa shape index (κ1) is 17.4. The Morgan fingerprint density at radius 3 is 2.52 bits per heavy atom. The molecule has 1 aliphatic rings. The topological polar surface area (TPSA) is 67.2 Å². The number of tetrazole rings is 1. The second kappa shape index (κ2) is 7.22. The molecular weight excluding hydrogens is 330 g/mol.